The van der Waals surface area contributed by atoms with Crippen molar-refractivity contribution < 1.29 is 24.5 Å². The molecule has 0 aromatic carbocycles. The normalized spacial score (nSPS) is 25.8. The van der Waals surface area contributed by atoms with Gasteiger partial charge in [0, 0.05) is 25.9 Å². The van der Waals surface area contributed by atoms with E-state index in [9.17, 15) is 9.59 Å². The zero-order valence-corrected chi connectivity index (χ0v) is 10.8. The van der Waals surface area contributed by atoms with Gasteiger partial charge in [0.1, 0.15) is 0 Å². The van der Waals surface area contributed by atoms with Gasteiger partial charge < -0.3 is 19.8 Å². The van der Waals surface area contributed by atoms with Gasteiger partial charge >= 0.3 is 5.97 Å². The molecule has 0 saturated carbocycles. The number of morpholine rings is 1. The third kappa shape index (κ3) is 4.62. The second kappa shape index (κ2) is 6.70. The van der Waals surface area contributed by atoms with E-state index in [0.29, 0.717) is 13.1 Å². The van der Waals surface area contributed by atoms with Crippen LogP contribution in [0, 0.1) is 5.92 Å². The Hall–Kier alpha value is -1.14. The van der Waals surface area contributed by atoms with Crippen LogP contribution in [0.5, 0.6) is 0 Å². The number of carboxylic acid groups (broad SMARTS) is 1. The average molecular weight is 259 g/mol. The van der Waals surface area contributed by atoms with E-state index in [4.69, 9.17) is 14.9 Å². The Labute approximate surface area is 107 Å². The first-order chi connectivity index (χ1) is 8.42. The highest BCUT2D eigenvalue weighted by molar-refractivity contribution is 5.77. The van der Waals surface area contributed by atoms with Crippen LogP contribution in [0.4, 0.5) is 0 Å². The molecule has 6 nitrogen and oxygen atoms in total. The first-order valence-corrected chi connectivity index (χ1v) is 6.18. The summed E-state index contributed by atoms with van der Waals surface area (Å²) < 4.78 is 5.45. The average Bonchev–Trinajstić information content (AvgIpc) is 2.26. The number of aliphatic hydroxyl groups is 1. The summed E-state index contributed by atoms with van der Waals surface area (Å²) in [5.41, 5.74) is 0. The Morgan fingerprint density at radius 1 is 1.39 bits per heavy atom. The van der Waals surface area contributed by atoms with Crippen molar-refractivity contribution in [1.29, 1.82) is 0 Å². The Morgan fingerprint density at radius 2 is 2.06 bits per heavy atom. The monoisotopic (exact) mass is 259 g/mol. The van der Waals surface area contributed by atoms with E-state index >= 15 is 0 Å². The molecule has 1 fully saturated rings. The number of rotatable bonds is 5. The van der Waals surface area contributed by atoms with Gasteiger partial charge in [-0.2, -0.15) is 0 Å². The van der Waals surface area contributed by atoms with E-state index in [-0.39, 0.29) is 43.5 Å². The fourth-order valence-corrected chi connectivity index (χ4v) is 2.15. The molecule has 0 bridgehead atoms. The standard InChI is InChI=1S/C12H21NO5/c1-8(4-12(16)17)3-11(15)13-5-9(2)18-10(6-13)7-14/h8-10,14H,3-7H2,1-2H3,(H,16,17). The lowest BCUT2D eigenvalue weighted by Gasteiger charge is -2.36. The summed E-state index contributed by atoms with van der Waals surface area (Å²) in [5.74, 6) is -1.14. The lowest BCUT2D eigenvalue weighted by Crippen LogP contribution is -2.50. The minimum atomic E-state index is -0.890. The van der Waals surface area contributed by atoms with Gasteiger partial charge in [0.05, 0.1) is 18.8 Å². The van der Waals surface area contributed by atoms with Crippen LogP contribution in [0.2, 0.25) is 0 Å². The van der Waals surface area contributed by atoms with Crippen molar-refractivity contribution in [2.24, 2.45) is 5.92 Å². The summed E-state index contributed by atoms with van der Waals surface area (Å²) in [7, 11) is 0. The third-order valence-electron chi connectivity index (χ3n) is 2.93. The fraction of sp³-hybridized carbons (Fsp3) is 0.833. The number of hydrogen-bond acceptors (Lipinski definition) is 4. The van der Waals surface area contributed by atoms with E-state index in [0.717, 1.165) is 0 Å². The van der Waals surface area contributed by atoms with Crippen molar-refractivity contribution >= 4 is 11.9 Å². The lowest BCUT2D eigenvalue weighted by molar-refractivity contribution is -0.148. The molecule has 0 aliphatic carbocycles. The van der Waals surface area contributed by atoms with Crippen LogP contribution in [0.25, 0.3) is 0 Å². The van der Waals surface area contributed by atoms with Crippen molar-refractivity contribution in [2.75, 3.05) is 19.7 Å². The molecule has 3 atom stereocenters. The highest BCUT2D eigenvalue weighted by Gasteiger charge is 2.28. The predicted octanol–water partition coefficient (Wildman–Crippen LogP) is 0.0955. The number of aliphatic carboxylic acids is 1. The molecular weight excluding hydrogens is 238 g/mol. The summed E-state index contributed by atoms with van der Waals surface area (Å²) in [6.45, 7) is 4.36. The van der Waals surface area contributed by atoms with Crippen molar-refractivity contribution in [3.8, 4) is 0 Å². The molecular formula is C12H21NO5. The molecule has 18 heavy (non-hydrogen) atoms. The highest BCUT2D eigenvalue weighted by Crippen LogP contribution is 2.15. The summed E-state index contributed by atoms with van der Waals surface area (Å²) >= 11 is 0. The highest BCUT2D eigenvalue weighted by atomic mass is 16.5. The number of aliphatic hydroxyl groups excluding tert-OH is 1. The van der Waals surface area contributed by atoms with Crippen LogP contribution in [0.1, 0.15) is 26.7 Å². The molecule has 104 valence electrons. The van der Waals surface area contributed by atoms with E-state index < -0.39 is 5.97 Å². The van der Waals surface area contributed by atoms with Crippen molar-refractivity contribution in [3.05, 3.63) is 0 Å². The third-order valence-corrected chi connectivity index (χ3v) is 2.93. The predicted molar refractivity (Wildman–Crippen MR) is 64.0 cm³/mol. The molecule has 1 heterocycles. The van der Waals surface area contributed by atoms with Gasteiger partial charge in [-0.25, -0.2) is 0 Å². The first kappa shape index (κ1) is 14.9. The molecule has 2 N–H and O–H groups in total. The van der Waals surface area contributed by atoms with Gasteiger partial charge in [-0.15, -0.1) is 0 Å². The van der Waals surface area contributed by atoms with E-state index in [1.807, 2.05) is 6.92 Å². The van der Waals surface area contributed by atoms with Gasteiger partial charge in [0.25, 0.3) is 0 Å². The molecule has 0 radical (unpaired) electrons. The summed E-state index contributed by atoms with van der Waals surface area (Å²) in [4.78, 5) is 24.2. The van der Waals surface area contributed by atoms with Gasteiger partial charge in [0.2, 0.25) is 5.91 Å². The number of nitrogens with zero attached hydrogens (tertiary/aromatic N) is 1. The van der Waals surface area contributed by atoms with Crippen LogP contribution in [0.15, 0.2) is 0 Å². The van der Waals surface area contributed by atoms with Gasteiger partial charge in [0.15, 0.2) is 0 Å². The van der Waals surface area contributed by atoms with Gasteiger partial charge in [-0.05, 0) is 12.8 Å². The minimum absolute atomic E-state index is 0.00490. The smallest absolute Gasteiger partial charge is 0.303 e. The minimum Gasteiger partial charge on any atom is -0.481 e. The Balaban J connectivity index is 2.47. The molecule has 0 spiro atoms. The first-order valence-electron chi connectivity index (χ1n) is 6.18. The van der Waals surface area contributed by atoms with E-state index in [1.165, 1.54) is 0 Å². The number of carboxylic acids is 1. The summed E-state index contributed by atoms with van der Waals surface area (Å²) in [6.07, 6.45) is -0.228. The maximum atomic E-state index is 12.0. The second-order valence-corrected chi connectivity index (χ2v) is 4.96. The van der Waals surface area contributed by atoms with Crippen LogP contribution in [-0.4, -0.2) is 58.9 Å². The van der Waals surface area contributed by atoms with Crippen molar-refractivity contribution in [1.82, 2.24) is 4.90 Å². The lowest BCUT2D eigenvalue weighted by atomic mass is 10.0. The van der Waals surface area contributed by atoms with Crippen molar-refractivity contribution in [3.63, 3.8) is 0 Å². The Kier molecular flexibility index (Phi) is 5.55. The largest absolute Gasteiger partial charge is 0.481 e. The SMILES string of the molecule is CC(CC(=O)O)CC(=O)N1CC(C)OC(CO)C1. The van der Waals surface area contributed by atoms with Crippen LogP contribution < -0.4 is 0 Å². The molecule has 0 aromatic rings. The number of hydrogen-bond donors (Lipinski definition) is 2. The van der Waals surface area contributed by atoms with Crippen LogP contribution >= 0.6 is 0 Å². The number of amides is 1. The molecule has 0 aromatic heterocycles. The molecule has 1 amide bonds. The second-order valence-electron chi connectivity index (χ2n) is 4.96. The Morgan fingerprint density at radius 3 is 2.61 bits per heavy atom. The maximum Gasteiger partial charge on any atom is 0.303 e. The molecule has 1 saturated heterocycles. The summed E-state index contributed by atoms with van der Waals surface area (Å²) in [6, 6.07) is 0. The molecule has 1 rings (SSSR count). The fourth-order valence-electron chi connectivity index (χ4n) is 2.15. The molecule has 1 aliphatic heterocycles. The zero-order valence-electron chi connectivity index (χ0n) is 10.8. The Bertz CT molecular complexity index is 307. The maximum absolute atomic E-state index is 12.0. The number of carbonyl (C=O) groups excluding carboxylic acids is 1. The summed E-state index contributed by atoms with van der Waals surface area (Å²) in [5, 5.41) is 17.7. The van der Waals surface area contributed by atoms with Crippen LogP contribution in [-0.2, 0) is 14.3 Å². The van der Waals surface area contributed by atoms with Gasteiger partial charge in [-0.1, -0.05) is 6.92 Å². The molecule has 1 aliphatic rings. The number of ether oxygens (including phenoxy) is 1. The number of carbonyl (C=O) groups is 2. The quantitative estimate of drug-likeness (QED) is 0.731. The zero-order chi connectivity index (χ0) is 13.7. The topological polar surface area (TPSA) is 87.1 Å². The van der Waals surface area contributed by atoms with Gasteiger partial charge in [-0.3, -0.25) is 9.59 Å². The molecule has 6 heteroatoms. The van der Waals surface area contributed by atoms with Crippen LogP contribution in [0.3, 0.4) is 0 Å². The molecule has 3 unspecified atom stereocenters. The van der Waals surface area contributed by atoms with Crippen molar-refractivity contribution in [2.45, 2.75) is 38.9 Å². The van der Waals surface area contributed by atoms with E-state index in [2.05, 4.69) is 0 Å². The van der Waals surface area contributed by atoms with E-state index in [1.54, 1.807) is 11.8 Å².